The molecule has 1 heterocycles. The molecular formula is C11H18N4O3. The molecule has 7 nitrogen and oxygen atoms in total. The molecule has 100 valence electrons. The molecule has 0 unspecified atom stereocenters. The lowest BCUT2D eigenvalue weighted by Gasteiger charge is -2.08. The molecule has 1 aromatic rings. The lowest BCUT2D eigenvalue weighted by atomic mass is 10.3. The summed E-state index contributed by atoms with van der Waals surface area (Å²) in [6.45, 7) is 6.13. The first-order valence-electron chi connectivity index (χ1n) is 5.90. The van der Waals surface area contributed by atoms with Gasteiger partial charge in [-0.05, 0) is 19.9 Å². The second kappa shape index (κ2) is 7.44. The maximum absolute atomic E-state index is 10.9. The number of rotatable bonds is 8. The minimum atomic E-state index is -0.453. The first kappa shape index (κ1) is 14.2. The molecule has 0 spiro atoms. The van der Waals surface area contributed by atoms with Crippen LogP contribution in [0.4, 0.5) is 17.3 Å². The monoisotopic (exact) mass is 254 g/mol. The summed E-state index contributed by atoms with van der Waals surface area (Å²) in [5.74, 6) is 0.875. The molecule has 0 aliphatic heterocycles. The fourth-order valence-electron chi connectivity index (χ4n) is 1.39. The van der Waals surface area contributed by atoms with Crippen LogP contribution in [0.25, 0.3) is 0 Å². The topological polar surface area (TPSA) is 89.3 Å². The van der Waals surface area contributed by atoms with Crippen LogP contribution in [0, 0.1) is 10.1 Å². The summed E-state index contributed by atoms with van der Waals surface area (Å²) in [5, 5.41) is 16.8. The highest BCUT2D eigenvalue weighted by molar-refractivity contribution is 5.60. The highest BCUT2D eigenvalue weighted by Crippen LogP contribution is 2.23. The van der Waals surface area contributed by atoms with E-state index in [1.54, 1.807) is 6.07 Å². The van der Waals surface area contributed by atoms with Gasteiger partial charge in [0.25, 0.3) is 0 Å². The van der Waals surface area contributed by atoms with Crippen LogP contribution in [0.1, 0.15) is 13.8 Å². The van der Waals surface area contributed by atoms with Crippen molar-refractivity contribution in [3.63, 3.8) is 0 Å². The second-order valence-electron chi connectivity index (χ2n) is 3.48. The Morgan fingerprint density at radius 1 is 1.39 bits per heavy atom. The van der Waals surface area contributed by atoms with E-state index in [4.69, 9.17) is 4.74 Å². The standard InChI is InChI=1S/C11H18N4O3/c1-3-12-10-6-5-9(15(16)17)11(14-10)13-7-8-18-4-2/h5-6H,3-4,7-8H2,1-2H3,(H2,12,13,14). The molecule has 18 heavy (non-hydrogen) atoms. The van der Waals surface area contributed by atoms with Crippen LogP contribution in [-0.2, 0) is 4.74 Å². The van der Waals surface area contributed by atoms with E-state index in [0.29, 0.717) is 32.1 Å². The molecule has 0 amide bonds. The fraction of sp³-hybridized carbons (Fsp3) is 0.545. The van der Waals surface area contributed by atoms with E-state index in [-0.39, 0.29) is 11.5 Å². The van der Waals surface area contributed by atoms with Crippen LogP contribution in [0.2, 0.25) is 0 Å². The third-order valence-electron chi connectivity index (χ3n) is 2.17. The Kier molecular flexibility index (Phi) is 5.86. The van der Waals surface area contributed by atoms with Crippen molar-refractivity contribution in [2.45, 2.75) is 13.8 Å². The number of nitrogens with zero attached hydrogens (tertiary/aromatic N) is 2. The van der Waals surface area contributed by atoms with Crippen LogP contribution in [0.5, 0.6) is 0 Å². The number of hydrogen-bond donors (Lipinski definition) is 2. The van der Waals surface area contributed by atoms with Gasteiger partial charge in [0.1, 0.15) is 5.82 Å². The lowest BCUT2D eigenvalue weighted by Crippen LogP contribution is -2.12. The number of nitrogens with one attached hydrogen (secondary N) is 2. The number of aromatic nitrogens is 1. The molecule has 1 aromatic heterocycles. The summed E-state index contributed by atoms with van der Waals surface area (Å²) in [4.78, 5) is 14.6. The van der Waals surface area contributed by atoms with Gasteiger partial charge in [-0.1, -0.05) is 0 Å². The minimum absolute atomic E-state index is 0.0341. The van der Waals surface area contributed by atoms with Crippen molar-refractivity contribution in [2.75, 3.05) is 36.9 Å². The van der Waals surface area contributed by atoms with Gasteiger partial charge >= 0.3 is 5.69 Å². The van der Waals surface area contributed by atoms with Crippen molar-refractivity contribution in [2.24, 2.45) is 0 Å². The molecule has 7 heteroatoms. The summed E-state index contributed by atoms with van der Waals surface area (Å²) >= 11 is 0. The molecule has 0 saturated carbocycles. The van der Waals surface area contributed by atoms with Crippen LogP contribution in [-0.4, -0.2) is 36.2 Å². The van der Waals surface area contributed by atoms with Crippen LogP contribution < -0.4 is 10.6 Å². The zero-order valence-corrected chi connectivity index (χ0v) is 10.6. The molecule has 0 bridgehead atoms. The molecule has 0 aromatic carbocycles. The van der Waals surface area contributed by atoms with Crippen LogP contribution in [0.15, 0.2) is 12.1 Å². The predicted octanol–water partition coefficient (Wildman–Crippen LogP) is 1.87. The van der Waals surface area contributed by atoms with Crippen LogP contribution in [0.3, 0.4) is 0 Å². The lowest BCUT2D eigenvalue weighted by molar-refractivity contribution is -0.384. The first-order valence-corrected chi connectivity index (χ1v) is 5.90. The number of anilines is 2. The van der Waals surface area contributed by atoms with Gasteiger partial charge in [0.05, 0.1) is 11.5 Å². The maximum Gasteiger partial charge on any atom is 0.311 e. The second-order valence-corrected chi connectivity index (χ2v) is 3.48. The molecule has 0 fully saturated rings. The van der Waals surface area contributed by atoms with E-state index >= 15 is 0 Å². The van der Waals surface area contributed by atoms with E-state index in [1.165, 1.54) is 6.07 Å². The van der Waals surface area contributed by atoms with E-state index in [9.17, 15) is 10.1 Å². The average molecular weight is 254 g/mol. The van der Waals surface area contributed by atoms with Crippen molar-refractivity contribution in [1.82, 2.24) is 4.98 Å². The quantitative estimate of drug-likeness (QED) is 0.418. The van der Waals surface area contributed by atoms with Crippen molar-refractivity contribution in [3.05, 3.63) is 22.2 Å². The smallest absolute Gasteiger partial charge is 0.311 e. The Morgan fingerprint density at radius 2 is 2.17 bits per heavy atom. The molecule has 0 aliphatic carbocycles. The predicted molar refractivity (Wildman–Crippen MR) is 70.0 cm³/mol. The Hall–Kier alpha value is -1.89. The van der Waals surface area contributed by atoms with Gasteiger partial charge in [0, 0.05) is 25.8 Å². The molecule has 1 rings (SSSR count). The van der Waals surface area contributed by atoms with Gasteiger partial charge < -0.3 is 15.4 Å². The summed E-state index contributed by atoms with van der Waals surface area (Å²) < 4.78 is 5.16. The van der Waals surface area contributed by atoms with E-state index in [0.717, 1.165) is 0 Å². The Balaban J connectivity index is 2.76. The third-order valence-corrected chi connectivity index (χ3v) is 2.17. The largest absolute Gasteiger partial charge is 0.380 e. The van der Waals surface area contributed by atoms with Crippen molar-refractivity contribution in [1.29, 1.82) is 0 Å². The number of pyridine rings is 1. The summed E-state index contributed by atoms with van der Waals surface area (Å²) in [6, 6.07) is 3.03. The summed E-state index contributed by atoms with van der Waals surface area (Å²) in [6.07, 6.45) is 0. The SMILES string of the molecule is CCNc1ccc([N+](=O)[O-])c(NCCOCC)n1. The van der Waals surface area contributed by atoms with Gasteiger partial charge in [0.15, 0.2) is 0 Å². The maximum atomic E-state index is 10.9. The van der Waals surface area contributed by atoms with Crippen molar-refractivity contribution < 1.29 is 9.66 Å². The summed E-state index contributed by atoms with van der Waals surface area (Å²) in [5.41, 5.74) is -0.0341. The van der Waals surface area contributed by atoms with Gasteiger partial charge in [-0.25, -0.2) is 4.98 Å². The molecule has 0 aliphatic rings. The van der Waals surface area contributed by atoms with E-state index < -0.39 is 4.92 Å². The number of hydrogen-bond acceptors (Lipinski definition) is 6. The average Bonchev–Trinajstić information content (AvgIpc) is 2.35. The Labute approximate surface area is 106 Å². The van der Waals surface area contributed by atoms with Gasteiger partial charge in [-0.15, -0.1) is 0 Å². The molecule has 0 saturated heterocycles. The fourth-order valence-corrected chi connectivity index (χ4v) is 1.39. The number of nitro groups is 1. The highest BCUT2D eigenvalue weighted by atomic mass is 16.6. The third kappa shape index (κ3) is 4.17. The van der Waals surface area contributed by atoms with Gasteiger partial charge in [0.2, 0.25) is 5.82 Å². The normalized spacial score (nSPS) is 10.1. The van der Waals surface area contributed by atoms with Crippen LogP contribution >= 0.6 is 0 Å². The minimum Gasteiger partial charge on any atom is -0.380 e. The van der Waals surface area contributed by atoms with Crippen molar-refractivity contribution >= 4 is 17.3 Å². The Morgan fingerprint density at radius 3 is 2.78 bits per heavy atom. The zero-order chi connectivity index (χ0) is 13.4. The number of ether oxygens (including phenoxy) is 1. The van der Waals surface area contributed by atoms with Crippen molar-refractivity contribution in [3.8, 4) is 0 Å². The van der Waals surface area contributed by atoms with E-state index in [1.807, 2.05) is 13.8 Å². The molecule has 0 atom stereocenters. The molecular weight excluding hydrogens is 236 g/mol. The highest BCUT2D eigenvalue weighted by Gasteiger charge is 2.15. The Bertz CT molecular complexity index is 398. The summed E-state index contributed by atoms with van der Waals surface area (Å²) in [7, 11) is 0. The van der Waals surface area contributed by atoms with Gasteiger partial charge in [-0.2, -0.15) is 0 Å². The zero-order valence-electron chi connectivity index (χ0n) is 10.6. The van der Waals surface area contributed by atoms with E-state index in [2.05, 4.69) is 15.6 Å². The van der Waals surface area contributed by atoms with Gasteiger partial charge in [-0.3, -0.25) is 10.1 Å². The molecule has 0 radical (unpaired) electrons. The molecule has 2 N–H and O–H groups in total. The first-order chi connectivity index (χ1) is 8.69.